The normalized spacial score (nSPS) is 18.7. The number of furan rings is 1. The molecule has 1 fully saturated rings. The van der Waals surface area contributed by atoms with Crippen LogP contribution in [0.2, 0.25) is 0 Å². The van der Waals surface area contributed by atoms with E-state index in [2.05, 4.69) is 4.98 Å². The maximum Gasteiger partial charge on any atom is 0.350 e. The number of ether oxygens (including phenoxy) is 3. The van der Waals surface area contributed by atoms with Gasteiger partial charge in [-0.2, -0.15) is 0 Å². The highest BCUT2D eigenvalue weighted by molar-refractivity contribution is 7.17. The molecule has 5 rings (SSSR count). The second-order valence-electron chi connectivity index (χ2n) is 7.67. The number of fused-ring (bicyclic) bond motifs is 1. The van der Waals surface area contributed by atoms with Crippen LogP contribution in [0.15, 0.2) is 46.6 Å². The Balaban J connectivity index is 1.63. The lowest BCUT2D eigenvalue weighted by Crippen LogP contribution is -2.29. The minimum atomic E-state index is -1.10. The summed E-state index contributed by atoms with van der Waals surface area (Å²) in [5.74, 6) is -1.62. The van der Waals surface area contributed by atoms with Gasteiger partial charge >= 0.3 is 11.9 Å². The Labute approximate surface area is 203 Å². The molecule has 35 heavy (non-hydrogen) atoms. The van der Waals surface area contributed by atoms with Crippen LogP contribution in [0.4, 0.5) is 5.13 Å². The Bertz CT molecular complexity index is 1360. The van der Waals surface area contributed by atoms with Crippen molar-refractivity contribution in [1.29, 1.82) is 0 Å². The van der Waals surface area contributed by atoms with E-state index in [-0.39, 0.29) is 33.5 Å². The molecule has 0 aliphatic carbocycles. The number of Topliss-reactive ketones (excluding diaryl/α,β-unsaturated/α-hetero) is 1. The number of nitrogens with zero attached hydrogens (tertiary/aromatic N) is 2. The number of carbonyl (C=O) groups is 3. The number of esters is 1. The standard InChI is InChI=1S/C24H20N2O8S/c1-3-31-23(30)21-12(2)25-24(35-21)26-18(15-5-4-8-32-15)17(20(28)22(26)29)19(27)13-6-7-14-16(11-13)34-10-9-33-14/h4-8,11,18,27H,3,9-10H2,1-2H3. The molecule has 180 valence electrons. The SMILES string of the molecule is CCOC(=O)c1sc(N2C(=O)C(=O)C(=C(O)c3ccc4c(c3)OCCO4)C2c2ccco2)nc1C. The van der Waals surface area contributed by atoms with Gasteiger partial charge in [-0.1, -0.05) is 11.3 Å². The Kier molecular flexibility index (Phi) is 5.77. The van der Waals surface area contributed by atoms with Crippen LogP contribution in [-0.2, 0) is 14.3 Å². The number of hydrogen-bond acceptors (Lipinski definition) is 10. The van der Waals surface area contributed by atoms with Crippen molar-refractivity contribution in [3.05, 3.63) is 64.1 Å². The van der Waals surface area contributed by atoms with Crippen LogP contribution in [0.25, 0.3) is 5.76 Å². The Morgan fingerprint density at radius 2 is 2.00 bits per heavy atom. The van der Waals surface area contributed by atoms with Crippen LogP contribution in [0.5, 0.6) is 11.5 Å². The summed E-state index contributed by atoms with van der Waals surface area (Å²) in [6.45, 7) is 4.23. The van der Waals surface area contributed by atoms with Gasteiger partial charge in [0, 0.05) is 5.56 Å². The van der Waals surface area contributed by atoms with Crippen molar-refractivity contribution >= 4 is 39.9 Å². The van der Waals surface area contributed by atoms with Crippen molar-refractivity contribution in [1.82, 2.24) is 4.98 Å². The molecule has 4 heterocycles. The molecule has 0 radical (unpaired) electrons. The van der Waals surface area contributed by atoms with Gasteiger partial charge in [0.15, 0.2) is 16.6 Å². The fraction of sp³-hybridized carbons (Fsp3) is 0.250. The van der Waals surface area contributed by atoms with Gasteiger partial charge in [-0.05, 0) is 44.2 Å². The second-order valence-corrected chi connectivity index (χ2v) is 8.65. The minimum Gasteiger partial charge on any atom is -0.507 e. The molecular weight excluding hydrogens is 476 g/mol. The van der Waals surface area contributed by atoms with Crippen LogP contribution >= 0.6 is 11.3 Å². The molecule has 10 nitrogen and oxygen atoms in total. The average molecular weight is 496 g/mol. The van der Waals surface area contributed by atoms with Crippen LogP contribution in [0.3, 0.4) is 0 Å². The third-order valence-electron chi connectivity index (χ3n) is 5.52. The van der Waals surface area contributed by atoms with E-state index in [1.165, 1.54) is 6.26 Å². The first-order valence-corrected chi connectivity index (χ1v) is 11.6. The van der Waals surface area contributed by atoms with E-state index in [1.54, 1.807) is 44.2 Å². The zero-order chi connectivity index (χ0) is 24.7. The molecule has 2 aromatic heterocycles. The summed E-state index contributed by atoms with van der Waals surface area (Å²) in [7, 11) is 0. The van der Waals surface area contributed by atoms with Crippen LogP contribution in [0, 0.1) is 6.92 Å². The first-order valence-electron chi connectivity index (χ1n) is 10.8. The maximum absolute atomic E-state index is 13.2. The molecule has 1 saturated heterocycles. The summed E-state index contributed by atoms with van der Waals surface area (Å²) in [6.07, 6.45) is 1.40. The fourth-order valence-electron chi connectivity index (χ4n) is 3.96. The molecule has 0 spiro atoms. The molecule has 2 aliphatic heterocycles. The fourth-order valence-corrected chi connectivity index (χ4v) is 4.95. The smallest absolute Gasteiger partial charge is 0.350 e. The van der Waals surface area contributed by atoms with Crippen molar-refractivity contribution in [2.75, 3.05) is 24.7 Å². The molecule has 1 N–H and O–H groups in total. The third kappa shape index (κ3) is 3.83. The molecule has 0 bridgehead atoms. The molecule has 2 aliphatic rings. The van der Waals surface area contributed by atoms with E-state index in [0.717, 1.165) is 16.2 Å². The Hall–Kier alpha value is -4.12. The molecule has 0 saturated carbocycles. The lowest BCUT2D eigenvalue weighted by molar-refractivity contribution is -0.132. The Morgan fingerprint density at radius 1 is 1.23 bits per heavy atom. The minimum absolute atomic E-state index is 0.107. The summed E-state index contributed by atoms with van der Waals surface area (Å²) < 4.78 is 21.7. The molecule has 1 amide bonds. The van der Waals surface area contributed by atoms with Crippen LogP contribution < -0.4 is 14.4 Å². The number of thiazole rings is 1. The van der Waals surface area contributed by atoms with E-state index >= 15 is 0 Å². The second kappa shape index (κ2) is 8.91. The van der Waals surface area contributed by atoms with Crippen molar-refractivity contribution in [3.63, 3.8) is 0 Å². The summed E-state index contributed by atoms with van der Waals surface area (Å²) in [5.41, 5.74) is 0.453. The van der Waals surface area contributed by atoms with Crippen molar-refractivity contribution in [2.45, 2.75) is 19.9 Å². The highest BCUT2D eigenvalue weighted by atomic mass is 32.1. The summed E-state index contributed by atoms with van der Waals surface area (Å²) in [4.78, 5) is 44.4. The van der Waals surface area contributed by atoms with Gasteiger partial charge in [0.1, 0.15) is 35.7 Å². The summed E-state index contributed by atoms with van der Waals surface area (Å²) in [6, 6.07) is 6.84. The third-order valence-corrected chi connectivity index (χ3v) is 6.66. The lowest BCUT2D eigenvalue weighted by Gasteiger charge is -2.21. The number of hydrogen-bond donors (Lipinski definition) is 1. The number of rotatable bonds is 5. The van der Waals surface area contributed by atoms with E-state index in [4.69, 9.17) is 18.6 Å². The number of aryl methyl sites for hydroxylation is 1. The van der Waals surface area contributed by atoms with Gasteiger partial charge in [0.2, 0.25) is 0 Å². The first kappa shape index (κ1) is 22.7. The van der Waals surface area contributed by atoms with Crippen molar-refractivity contribution < 1.29 is 38.1 Å². The molecule has 1 unspecified atom stereocenters. The van der Waals surface area contributed by atoms with E-state index in [1.807, 2.05) is 0 Å². The predicted molar refractivity (Wildman–Crippen MR) is 124 cm³/mol. The predicted octanol–water partition coefficient (Wildman–Crippen LogP) is 3.62. The number of aliphatic hydroxyl groups is 1. The number of carbonyl (C=O) groups excluding carboxylic acids is 3. The summed E-state index contributed by atoms with van der Waals surface area (Å²) in [5, 5.41) is 11.3. The number of benzene rings is 1. The van der Waals surface area contributed by atoms with Gasteiger partial charge in [-0.25, -0.2) is 9.78 Å². The maximum atomic E-state index is 13.2. The number of ketones is 1. The van der Waals surface area contributed by atoms with E-state index < -0.39 is 29.5 Å². The number of amides is 1. The quantitative estimate of drug-likeness (QED) is 0.244. The monoisotopic (exact) mass is 496 g/mol. The average Bonchev–Trinajstić information content (AvgIpc) is 3.57. The topological polar surface area (TPSA) is 128 Å². The van der Waals surface area contributed by atoms with Crippen molar-refractivity contribution in [2.24, 2.45) is 0 Å². The zero-order valence-electron chi connectivity index (χ0n) is 18.8. The molecular formula is C24H20N2O8S. The van der Waals surface area contributed by atoms with Gasteiger partial charge in [-0.15, -0.1) is 0 Å². The molecule has 1 aromatic carbocycles. The lowest BCUT2D eigenvalue weighted by atomic mass is 9.99. The van der Waals surface area contributed by atoms with Crippen LogP contribution in [-0.4, -0.2) is 47.6 Å². The van der Waals surface area contributed by atoms with Crippen molar-refractivity contribution in [3.8, 4) is 11.5 Å². The van der Waals surface area contributed by atoms with Gasteiger partial charge in [0.25, 0.3) is 5.78 Å². The van der Waals surface area contributed by atoms with Crippen LogP contribution in [0.1, 0.15) is 39.7 Å². The summed E-state index contributed by atoms with van der Waals surface area (Å²) >= 11 is 0.925. The molecule has 3 aromatic rings. The van der Waals surface area contributed by atoms with Gasteiger partial charge < -0.3 is 23.7 Å². The van der Waals surface area contributed by atoms with Gasteiger partial charge in [0.05, 0.1) is 24.1 Å². The number of anilines is 1. The Morgan fingerprint density at radius 3 is 2.71 bits per heavy atom. The molecule has 1 atom stereocenters. The highest BCUT2D eigenvalue weighted by Crippen LogP contribution is 2.44. The van der Waals surface area contributed by atoms with E-state index in [9.17, 15) is 19.5 Å². The zero-order valence-corrected chi connectivity index (χ0v) is 19.6. The number of aromatic nitrogens is 1. The van der Waals surface area contributed by atoms with Gasteiger partial charge in [-0.3, -0.25) is 14.5 Å². The van der Waals surface area contributed by atoms with E-state index in [0.29, 0.717) is 30.4 Å². The molecule has 11 heteroatoms. The largest absolute Gasteiger partial charge is 0.507 e. The highest BCUT2D eigenvalue weighted by Gasteiger charge is 2.49. The number of aliphatic hydroxyl groups excluding tert-OH is 1. The first-order chi connectivity index (χ1) is 16.9.